The molecule has 0 unspecified atom stereocenters. The van der Waals surface area contributed by atoms with Gasteiger partial charge in [0.15, 0.2) is 0 Å². The van der Waals surface area contributed by atoms with Gasteiger partial charge >= 0.3 is 11.9 Å². The zero-order valence-electron chi connectivity index (χ0n) is 43.4. The number of fused-ring (bicyclic) bond motifs is 1. The number of aryl methyl sites for hydroxylation is 1. The zero-order valence-corrected chi connectivity index (χ0v) is 44.2. The first-order valence-electron chi connectivity index (χ1n) is 26.0. The van der Waals surface area contributed by atoms with Crippen LogP contribution in [0.3, 0.4) is 0 Å². The lowest BCUT2D eigenvalue weighted by molar-refractivity contribution is -0.144. The first-order valence-corrected chi connectivity index (χ1v) is 26.8. The largest absolute Gasteiger partial charge is 0.466 e. The van der Waals surface area contributed by atoms with Gasteiger partial charge in [-0.1, -0.05) is 144 Å². The van der Waals surface area contributed by atoms with Gasteiger partial charge in [0, 0.05) is 55.1 Å². The van der Waals surface area contributed by atoms with E-state index in [0.717, 1.165) is 120 Å². The molecule has 0 aliphatic carbocycles. The molecule has 0 fully saturated rings. The minimum atomic E-state index is -0.115. The molecule has 64 heavy (non-hydrogen) atoms. The molecule has 1 aliphatic heterocycles. The monoisotopic (exact) mass is 924 g/mol. The molecule has 1 N–H and O–H groups in total. The van der Waals surface area contributed by atoms with Crippen LogP contribution in [0.25, 0.3) is 0 Å². The molecule has 0 atom stereocenters. The summed E-state index contributed by atoms with van der Waals surface area (Å²) in [6, 6.07) is 0. The van der Waals surface area contributed by atoms with Crippen LogP contribution in [0.2, 0.25) is 0 Å². The highest BCUT2D eigenvalue weighted by atomic mass is 32.1. The van der Waals surface area contributed by atoms with Gasteiger partial charge < -0.3 is 34.2 Å². The molecule has 0 aromatic carbocycles. The van der Waals surface area contributed by atoms with Crippen molar-refractivity contribution in [1.29, 1.82) is 0 Å². The molecule has 0 spiro atoms. The number of hydrogen-bond donors (Lipinski definition) is 1. The van der Waals surface area contributed by atoms with Gasteiger partial charge in [-0.05, 0) is 91.5 Å². The third kappa shape index (κ3) is 42.0. The maximum Gasteiger partial charge on any atom is 0.305 e. The molecule has 10 nitrogen and oxygen atoms in total. The Morgan fingerprint density at radius 1 is 0.641 bits per heavy atom. The lowest BCUT2D eigenvalue weighted by Gasteiger charge is -2.22. The van der Waals surface area contributed by atoms with Gasteiger partial charge in [-0.25, -0.2) is 0 Å². The Kier molecular flexibility index (Phi) is 52.7. The van der Waals surface area contributed by atoms with Crippen LogP contribution in [0, 0.1) is 6.92 Å². The van der Waals surface area contributed by atoms with Gasteiger partial charge in [-0.15, -0.1) is 11.3 Å². The number of thiophene rings is 1. The van der Waals surface area contributed by atoms with Crippen LogP contribution in [-0.4, -0.2) is 94.2 Å². The Labute approximate surface area is 398 Å². The summed E-state index contributed by atoms with van der Waals surface area (Å²) >= 11 is 1.78. The van der Waals surface area contributed by atoms with Crippen LogP contribution in [0.1, 0.15) is 241 Å². The molecule has 0 saturated heterocycles. The number of esters is 2. The summed E-state index contributed by atoms with van der Waals surface area (Å²) in [6.45, 7) is 19.5. The van der Waals surface area contributed by atoms with E-state index >= 15 is 0 Å². The second-order valence-electron chi connectivity index (χ2n) is 16.8. The van der Waals surface area contributed by atoms with Crippen molar-refractivity contribution < 1.29 is 33.4 Å². The highest BCUT2D eigenvalue weighted by Crippen LogP contribution is 2.32. The van der Waals surface area contributed by atoms with E-state index in [1.165, 1.54) is 93.9 Å². The highest BCUT2D eigenvalue weighted by Gasteiger charge is 2.24. The van der Waals surface area contributed by atoms with Crippen molar-refractivity contribution in [3.05, 3.63) is 20.9 Å². The summed E-state index contributed by atoms with van der Waals surface area (Å²) in [6.07, 6.45) is 31.6. The highest BCUT2D eigenvalue weighted by molar-refractivity contribution is 7.12. The lowest BCUT2D eigenvalue weighted by atomic mass is 10.0. The number of likely N-dealkylation sites (N-methyl/N-ethyl adjacent to an activating group) is 1. The van der Waals surface area contributed by atoms with Crippen LogP contribution in [0.15, 0.2) is 0 Å². The minimum absolute atomic E-state index is 0.0635. The Bertz CT molecular complexity index is 1220. The summed E-state index contributed by atoms with van der Waals surface area (Å²) in [5.41, 5.74) is 2.23. The van der Waals surface area contributed by atoms with Gasteiger partial charge in [-0.2, -0.15) is 0 Å². The van der Waals surface area contributed by atoms with Crippen molar-refractivity contribution in [1.82, 2.24) is 15.1 Å². The maximum absolute atomic E-state index is 12.4. The SMILES string of the molecule is CC.CC.CCCCCCCCCCCOC(=O)CCCCC=O.CCCCCCCCCOC(=O)CCCCCCC=O.Cc1sc2c(c1C(=O)NCCCN(C)C)CCN(C)C2. The molecule has 2 heterocycles. The van der Waals surface area contributed by atoms with Crippen molar-refractivity contribution in [2.45, 2.75) is 235 Å². The third-order valence-corrected chi connectivity index (χ3v) is 11.8. The lowest BCUT2D eigenvalue weighted by Crippen LogP contribution is -2.30. The molecule has 0 saturated carbocycles. The molecular formula is C53H101N3O7S. The van der Waals surface area contributed by atoms with Crippen LogP contribution in [-0.2, 0) is 41.6 Å². The summed E-state index contributed by atoms with van der Waals surface area (Å²) in [5.74, 6) is -0.0647. The number of carbonyl (C=O) groups is 5. The second kappa shape index (κ2) is 51.4. The molecule has 0 radical (unpaired) electrons. The number of nitrogens with zero attached hydrogens (tertiary/aromatic N) is 2. The van der Waals surface area contributed by atoms with Crippen molar-refractivity contribution in [2.24, 2.45) is 0 Å². The Morgan fingerprint density at radius 3 is 1.53 bits per heavy atom. The van der Waals surface area contributed by atoms with Gasteiger partial charge in [0.05, 0.1) is 18.8 Å². The summed E-state index contributed by atoms with van der Waals surface area (Å²) in [7, 11) is 6.24. The molecule has 1 amide bonds. The van der Waals surface area contributed by atoms with E-state index in [0.29, 0.717) is 38.9 Å². The molecule has 0 bridgehead atoms. The standard InChI is InChI=1S/2C17H32O3.C15H25N3OS.2C2H6/c1-2-3-4-5-6-10-13-16-20-17(19)14-11-8-7-9-12-15-18;1-2-3-4-5-6-7-8-9-13-16-20-17(19)14-11-10-12-15-18;1-11-14(15(19)16-7-5-8-17(2)3)12-6-9-18(4)10-13(12)20-11;2*1-2/h2*15H,2-14,16H2,1H3;5-10H2,1-4H3,(H,16,19);2*1-2H3. The molecule has 376 valence electrons. The fourth-order valence-electron chi connectivity index (χ4n) is 6.99. The second-order valence-corrected chi connectivity index (χ2v) is 18.1. The van der Waals surface area contributed by atoms with Crippen molar-refractivity contribution >= 4 is 41.8 Å². The topological polar surface area (TPSA) is 122 Å². The fraction of sp³-hybridized carbons (Fsp3) is 0.830. The number of aldehydes is 2. The first-order chi connectivity index (χ1) is 31.1. The number of rotatable bonds is 35. The normalized spacial score (nSPS) is 11.5. The minimum Gasteiger partial charge on any atom is -0.466 e. The fourth-order valence-corrected chi connectivity index (χ4v) is 8.29. The van der Waals surface area contributed by atoms with E-state index in [-0.39, 0.29) is 17.8 Å². The quantitative estimate of drug-likeness (QED) is 0.0403. The van der Waals surface area contributed by atoms with E-state index in [9.17, 15) is 24.0 Å². The molecule has 1 aromatic rings. The average molecular weight is 924 g/mol. The van der Waals surface area contributed by atoms with Crippen LogP contribution >= 0.6 is 11.3 Å². The van der Waals surface area contributed by atoms with Gasteiger partial charge in [0.2, 0.25) is 0 Å². The summed E-state index contributed by atoms with van der Waals surface area (Å²) in [5, 5.41) is 3.07. The van der Waals surface area contributed by atoms with Crippen molar-refractivity contribution in [3.8, 4) is 0 Å². The van der Waals surface area contributed by atoms with Crippen LogP contribution in [0.5, 0.6) is 0 Å². The van der Waals surface area contributed by atoms with E-state index in [1.54, 1.807) is 11.3 Å². The molecular weight excluding hydrogens is 823 g/mol. The Hall–Kier alpha value is -2.63. The number of amides is 1. The van der Waals surface area contributed by atoms with Crippen molar-refractivity contribution in [3.63, 3.8) is 0 Å². The molecule has 11 heteroatoms. The smallest absolute Gasteiger partial charge is 0.305 e. The number of hydrogen-bond acceptors (Lipinski definition) is 10. The van der Waals surface area contributed by atoms with E-state index < -0.39 is 0 Å². The van der Waals surface area contributed by atoms with Crippen LogP contribution < -0.4 is 5.32 Å². The predicted octanol–water partition coefficient (Wildman–Crippen LogP) is 13.4. The number of ether oxygens (including phenoxy) is 2. The Balaban J connectivity index is -0.000000838. The van der Waals surface area contributed by atoms with Crippen molar-refractivity contribution in [2.75, 3.05) is 54.0 Å². The number of nitrogens with one attached hydrogen (secondary N) is 1. The average Bonchev–Trinajstić information content (AvgIpc) is 3.62. The predicted molar refractivity (Wildman–Crippen MR) is 273 cm³/mol. The zero-order chi connectivity index (χ0) is 48.5. The summed E-state index contributed by atoms with van der Waals surface area (Å²) in [4.78, 5) is 62.4. The van der Waals surface area contributed by atoms with Gasteiger partial charge in [0.25, 0.3) is 5.91 Å². The van der Waals surface area contributed by atoms with Gasteiger partial charge in [-0.3, -0.25) is 14.4 Å². The molecule has 2 rings (SSSR count). The number of unbranched alkanes of at least 4 members (excludes halogenated alkanes) is 20. The van der Waals surface area contributed by atoms with Gasteiger partial charge in [0.1, 0.15) is 12.6 Å². The van der Waals surface area contributed by atoms with E-state index in [2.05, 4.69) is 57.0 Å². The third-order valence-electron chi connectivity index (χ3n) is 10.6. The van der Waals surface area contributed by atoms with Crippen LogP contribution in [0.4, 0.5) is 0 Å². The van der Waals surface area contributed by atoms with E-state index in [1.807, 2.05) is 27.7 Å². The molecule has 1 aromatic heterocycles. The number of carbonyl (C=O) groups excluding carboxylic acids is 5. The summed E-state index contributed by atoms with van der Waals surface area (Å²) < 4.78 is 10.4. The Morgan fingerprint density at radius 2 is 1.06 bits per heavy atom. The maximum atomic E-state index is 12.4. The molecule has 1 aliphatic rings. The first kappa shape index (κ1) is 65.6. The van der Waals surface area contributed by atoms with E-state index in [4.69, 9.17) is 9.47 Å².